The van der Waals surface area contributed by atoms with E-state index in [9.17, 15) is 17.6 Å². The molecule has 0 atom stereocenters. The Hall–Kier alpha value is -1.58. The Bertz CT molecular complexity index is 685. The summed E-state index contributed by atoms with van der Waals surface area (Å²) < 4.78 is 52.1. The predicted molar refractivity (Wildman–Crippen MR) is 106 cm³/mol. The van der Waals surface area contributed by atoms with E-state index in [1.165, 1.54) is 31.7 Å². The normalized spacial score (nSPS) is 29.6. The number of halogens is 4. The number of rotatable bonds is 4. The number of hydrogen-bond acceptors (Lipinski definition) is 0. The van der Waals surface area contributed by atoms with Crippen molar-refractivity contribution < 1.29 is 17.6 Å². The summed E-state index contributed by atoms with van der Waals surface area (Å²) in [6.07, 6.45) is 13.2. The van der Waals surface area contributed by atoms with Crippen molar-refractivity contribution in [2.24, 2.45) is 17.8 Å². The van der Waals surface area contributed by atoms with Crippen molar-refractivity contribution in [3.8, 4) is 0 Å². The summed E-state index contributed by atoms with van der Waals surface area (Å²) in [5.74, 6) is 1.23. The van der Waals surface area contributed by atoms with Crippen molar-refractivity contribution in [3.63, 3.8) is 0 Å². The summed E-state index contributed by atoms with van der Waals surface area (Å²) in [5.41, 5.74) is -0.438. The van der Waals surface area contributed by atoms with E-state index >= 15 is 0 Å². The highest BCUT2D eigenvalue weighted by molar-refractivity contribution is 5.29. The van der Waals surface area contributed by atoms with Gasteiger partial charge in [0.05, 0.1) is 5.56 Å². The molecular weight excluding hydrogens is 364 g/mol. The van der Waals surface area contributed by atoms with E-state index in [-0.39, 0.29) is 5.92 Å². The van der Waals surface area contributed by atoms with E-state index in [4.69, 9.17) is 0 Å². The topological polar surface area (TPSA) is 0 Å². The molecule has 0 spiro atoms. The molecule has 1 aromatic carbocycles. The average Bonchev–Trinajstić information content (AvgIpc) is 2.68. The second-order valence-electron chi connectivity index (χ2n) is 8.43. The minimum atomic E-state index is -4.62. The lowest BCUT2D eigenvalue weighted by Gasteiger charge is -2.37. The number of hydrogen-bond donors (Lipinski definition) is 0. The van der Waals surface area contributed by atoms with Crippen LogP contribution in [-0.2, 0) is 6.18 Å². The highest BCUT2D eigenvalue weighted by Gasteiger charge is 2.35. The third kappa shape index (κ3) is 5.27. The lowest BCUT2D eigenvalue weighted by Crippen LogP contribution is -2.25. The van der Waals surface area contributed by atoms with Crippen molar-refractivity contribution >= 4 is 0 Å². The molecule has 1 aromatic rings. The molecule has 0 saturated heterocycles. The van der Waals surface area contributed by atoms with Crippen LogP contribution in [0.1, 0.15) is 75.3 Å². The molecule has 3 rings (SSSR count). The highest BCUT2D eigenvalue weighted by Crippen LogP contribution is 2.44. The quantitative estimate of drug-likeness (QED) is 0.358. The molecule has 0 heterocycles. The van der Waals surface area contributed by atoms with Crippen molar-refractivity contribution in [1.29, 1.82) is 0 Å². The Balaban J connectivity index is 1.51. The molecule has 0 bridgehead atoms. The third-order valence-corrected chi connectivity index (χ3v) is 6.71. The zero-order valence-electron chi connectivity index (χ0n) is 16.5. The lowest BCUT2D eigenvalue weighted by atomic mass is 9.68. The van der Waals surface area contributed by atoms with Crippen LogP contribution in [-0.4, -0.2) is 0 Å². The van der Waals surface area contributed by atoms with Gasteiger partial charge in [-0.2, -0.15) is 13.2 Å². The Kier molecular flexibility index (Phi) is 7.00. The van der Waals surface area contributed by atoms with Crippen LogP contribution in [0.4, 0.5) is 17.6 Å². The van der Waals surface area contributed by atoms with Crippen molar-refractivity contribution in [2.75, 3.05) is 0 Å². The van der Waals surface area contributed by atoms with Gasteiger partial charge in [-0.3, -0.25) is 0 Å². The molecule has 0 radical (unpaired) electrons. The Morgan fingerprint density at radius 1 is 0.857 bits per heavy atom. The minimum Gasteiger partial charge on any atom is -0.206 e. The maximum Gasteiger partial charge on any atom is 0.419 e. The molecule has 2 aliphatic carbocycles. The van der Waals surface area contributed by atoms with Gasteiger partial charge in [-0.25, -0.2) is 4.39 Å². The molecule has 0 unspecified atom stereocenters. The lowest BCUT2D eigenvalue weighted by molar-refractivity contribution is -0.140. The van der Waals surface area contributed by atoms with Crippen LogP contribution in [0.5, 0.6) is 0 Å². The first-order valence-corrected chi connectivity index (χ1v) is 10.5. The Morgan fingerprint density at radius 3 is 2.00 bits per heavy atom. The monoisotopic (exact) mass is 394 g/mol. The van der Waals surface area contributed by atoms with Crippen LogP contribution in [0.2, 0.25) is 0 Å². The van der Waals surface area contributed by atoms with Gasteiger partial charge in [0.15, 0.2) is 0 Å². The third-order valence-electron chi connectivity index (χ3n) is 6.71. The molecule has 0 aliphatic heterocycles. The first kappa shape index (κ1) is 21.1. The second-order valence-corrected chi connectivity index (χ2v) is 8.43. The van der Waals surface area contributed by atoms with Crippen LogP contribution in [0.25, 0.3) is 0 Å². The van der Waals surface area contributed by atoms with E-state index in [1.54, 1.807) is 0 Å². The van der Waals surface area contributed by atoms with Crippen molar-refractivity contribution in [2.45, 2.75) is 70.4 Å². The van der Waals surface area contributed by atoms with Gasteiger partial charge in [0.2, 0.25) is 0 Å². The molecule has 28 heavy (non-hydrogen) atoms. The van der Waals surface area contributed by atoms with Gasteiger partial charge in [0, 0.05) is 0 Å². The Morgan fingerprint density at radius 2 is 1.46 bits per heavy atom. The van der Waals surface area contributed by atoms with E-state index in [0.29, 0.717) is 5.92 Å². The fraction of sp³-hybridized carbons (Fsp3) is 0.583. The predicted octanol–water partition coefficient (Wildman–Crippen LogP) is 8.06. The molecule has 0 nitrogen and oxygen atoms in total. The summed E-state index contributed by atoms with van der Waals surface area (Å²) in [5, 5.41) is 0. The summed E-state index contributed by atoms with van der Waals surface area (Å²) >= 11 is 0. The van der Waals surface area contributed by atoms with E-state index in [2.05, 4.69) is 18.2 Å². The maximum absolute atomic E-state index is 13.9. The van der Waals surface area contributed by atoms with E-state index < -0.39 is 17.6 Å². The summed E-state index contributed by atoms with van der Waals surface area (Å²) in [4.78, 5) is 0. The zero-order valence-corrected chi connectivity index (χ0v) is 16.5. The smallest absolute Gasteiger partial charge is 0.206 e. The molecule has 0 N–H and O–H groups in total. The fourth-order valence-electron chi connectivity index (χ4n) is 5.08. The van der Waals surface area contributed by atoms with Crippen LogP contribution in [0, 0.1) is 23.6 Å². The van der Waals surface area contributed by atoms with Gasteiger partial charge >= 0.3 is 6.18 Å². The van der Waals surface area contributed by atoms with Gasteiger partial charge in [0.25, 0.3) is 0 Å². The fourth-order valence-corrected chi connectivity index (χ4v) is 5.08. The largest absolute Gasteiger partial charge is 0.419 e. The zero-order chi connectivity index (χ0) is 20.1. The van der Waals surface area contributed by atoms with Crippen LogP contribution < -0.4 is 0 Å². The standard InChI is InChI=1S/C24H30F4/c1-2-3-4-5-17-6-8-18(9-7-17)19-10-12-20(13-11-19)21-14-15-22(23(25)16-21)24(26,27)28/h2-5,14-20H,6-13H2,1H3. The molecule has 0 amide bonds. The van der Waals surface area contributed by atoms with Gasteiger partial charge < -0.3 is 0 Å². The second kappa shape index (κ2) is 9.28. The molecule has 154 valence electrons. The molecule has 2 saturated carbocycles. The highest BCUT2D eigenvalue weighted by atomic mass is 19.4. The van der Waals surface area contributed by atoms with Gasteiger partial charge in [-0.1, -0.05) is 30.4 Å². The number of benzene rings is 1. The molecule has 2 aliphatic rings. The van der Waals surface area contributed by atoms with E-state index in [0.717, 1.165) is 55.2 Å². The van der Waals surface area contributed by atoms with Crippen molar-refractivity contribution in [1.82, 2.24) is 0 Å². The van der Waals surface area contributed by atoms with Gasteiger partial charge in [-0.15, -0.1) is 0 Å². The minimum absolute atomic E-state index is 0.188. The summed E-state index contributed by atoms with van der Waals surface area (Å²) in [6, 6.07) is 3.48. The number of alkyl halides is 3. The summed E-state index contributed by atoms with van der Waals surface area (Å²) in [6.45, 7) is 2.02. The molecular formula is C24H30F4. The number of allylic oxidation sites excluding steroid dienone is 4. The first-order chi connectivity index (χ1) is 13.4. The van der Waals surface area contributed by atoms with Crippen LogP contribution in [0.15, 0.2) is 42.5 Å². The first-order valence-electron chi connectivity index (χ1n) is 10.5. The molecule has 2 fully saturated rings. The van der Waals surface area contributed by atoms with Crippen LogP contribution in [0.3, 0.4) is 0 Å². The van der Waals surface area contributed by atoms with Crippen molar-refractivity contribution in [3.05, 3.63) is 59.4 Å². The Labute approximate surface area is 165 Å². The molecule has 4 heteroatoms. The molecule has 0 aromatic heterocycles. The maximum atomic E-state index is 13.9. The van der Waals surface area contributed by atoms with Gasteiger partial charge in [0.1, 0.15) is 5.82 Å². The van der Waals surface area contributed by atoms with Gasteiger partial charge in [-0.05, 0) is 99.7 Å². The van der Waals surface area contributed by atoms with E-state index in [1.807, 2.05) is 13.0 Å². The summed E-state index contributed by atoms with van der Waals surface area (Å²) in [7, 11) is 0. The average molecular weight is 394 g/mol. The van der Waals surface area contributed by atoms with Crippen LogP contribution >= 0.6 is 0 Å². The SMILES string of the molecule is CC=CC=CC1CCC(C2CCC(c3ccc(C(F)(F)F)c(F)c3)CC2)CC1.